The SMILES string of the molecule is CC(C)(C)c1noc(C2CC(c3cccc(C(F)(F)F)c3)CN(C(=O)N3CCOCC3)C2)n1. The van der Waals surface area contributed by atoms with Gasteiger partial charge in [0.25, 0.3) is 0 Å². The third-order valence-electron chi connectivity index (χ3n) is 6.15. The number of alkyl halides is 3. The number of morpholine rings is 1. The highest BCUT2D eigenvalue weighted by molar-refractivity contribution is 5.75. The first-order valence-corrected chi connectivity index (χ1v) is 11.1. The van der Waals surface area contributed by atoms with Crippen LogP contribution in [0.25, 0.3) is 0 Å². The number of ether oxygens (including phenoxy) is 1. The van der Waals surface area contributed by atoms with Gasteiger partial charge in [0.05, 0.1) is 24.7 Å². The van der Waals surface area contributed by atoms with Crippen LogP contribution in [0.4, 0.5) is 18.0 Å². The molecule has 0 bridgehead atoms. The predicted octanol–water partition coefficient (Wildman–Crippen LogP) is 4.41. The lowest BCUT2D eigenvalue weighted by Crippen LogP contribution is -2.52. The average molecular weight is 467 g/mol. The zero-order valence-electron chi connectivity index (χ0n) is 19.1. The Kier molecular flexibility index (Phi) is 6.39. The number of aromatic nitrogens is 2. The number of nitrogens with zero attached hydrogens (tertiary/aromatic N) is 4. The van der Waals surface area contributed by atoms with Gasteiger partial charge in [-0.2, -0.15) is 18.2 Å². The molecule has 1 aromatic carbocycles. The first-order chi connectivity index (χ1) is 15.5. The van der Waals surface area contributed by atoms with Crippen LogP contribution in [-0.4, -0.2) is 65.4 Å². The highest BCUT2D eigenvalue weighted by atomic mass is 19.4. The maximum Gasteiger partial charge on any atom is 0.416 e. The van der Waals surface area contributed by atoms with E-state index < -0.39 is 11.7 Å². The van der Waals surface area contributed by atoms with Gasteiger partial charge in [0, 0.05) is 37.5 Å². The number of piperidine rings is 1. The van der Waals surface area contributed by atoms with Crippen LogP contribution in [0, 0.1) is 0 Å². The smallest absolute Gasteiger partial charge is 0.378 e. The van der Waals surface area contributed by atoms with Gasteiger partial charge in [0.2, 0.25) is 5.89 Å². The van der Waals surface area contributed by atoms with E-state index in [4.69, 9.17) is 9.26 Å². The Bertz CT molecular complexity index is 980. The van der Waals surface area contributed by atoms with Crippen molar-refractivity contribution in [3.8, 4) is 0 Å². The fourth-order valence-corrected chi connectivity index (χ4v) is 4.30. The molecule has 2 saturated heterocycles. The number of carbonyl (C=O) groups excluding carboxylic acids is 1. The van der Waals surface area contributed by atoms with Crippen LogP contribution < -0.4 is 0 Å². The van der Waals surface area contributed by atoms with Crippen LogP contribution in [0.2, 0.25) is 0 Å². The van der Waals surface area contributed by atoms with Gasteiger partial charge in [-0.15, -0.1) is 0 Å². The standard InChI is InChI=1S/C23H29F3N4O3/c1-22(2,3)20-27-19(33-28-20)17-11-16(15-5-4-6-18(12-15)23(24,25)26)13-30(14-17)21(31)29-7-9-32-10-8-29/h4-6,12,16-17H,7-11,13-14H2,1-3H3. The second-order valence-corrected chi connectivity index (χ2v) is 9.75. The first-order valence-electron chi connectivity index (χ1n) is 11.1. The second kappa shape index (κ2) is 8.96. The highest BCUT2D eigenvalue weighted by Gasteiger charge is 2.38. The summed E-state index contributed by atoms with van der Waals surface area (Å²) in [6.07, 6.45) is -3.92. The van der Waals surface area contributed by atoms with E-state index in [1.54, 1.807) is 15.9 Å². The number of halogens is 3. The summed E-state index contributed by atoms with van der Waals surface area (Å²) >= 11 is 0. The Morgan fingerprint density at radius 1 is 1.06 bits per heavy atom. The van der Waals surface area contributed by atoms with Gasteiger partial charge in [-0.3, -0.25) is 0 Å². The highest BCUT2D eigenvalue weighted by Crippen LogP contribution is 2.38. The van der Waals surface area contributed by atoms with Crippen molar-refractivity contribution in [2.24, 2.45) is 0 Å². The Labute approximate surface area is 190 Å². The maximum atomic E-state index is 13.3. The largest absolute Gasteiger partial charge is 0.416 e. The molecule has 2 fully saturated rings. The molecule has 2 aromatic rings. The van der Waals surface area contributed by atoms with E-state index in [2.05, 4.69) is 10.1 Å². The van der Waals surface area contributed by atoms with Crippen LogP contribution in [0.15, 0.2) is 28.8 Å². The Hall–Kier alpha value is -2.62. The fourth-order valence-electron chi connectivity index (χ4n) is 4.30. The lowest BCUT2D eigenvalue weighted by molar-refractivity contribution is -0.137. The molecule has 0 aliphatic carbocycles. The molecule has 0 spiro atoms. The first kappa shape index (κ1) is 23.5. The summed E-state index contributed by atoms with van der Waals surface area (Å²) in [5.74, 6) is 0.411. The van der Waals surface area contributed by atoms with Crippen LogP contribution in [0.1, 0.15) is 61.9 Å². The van der Waals surface area contributed by atoms with Crippen molar-refractivity contribution in [1.82, 2.24) is 19.9 Å². The number of amides is 2. The number of rotatable bonds is 2. The van der Waals surface area contributed by atoms with Crippen molar-refractivity contribution in [1.29, 1.82) is 0 Å². The van der Waals surface area contributed by atoms with E-state index in [0.717, 1.165) is 6.07 Å². The zero-order valence-corrected chi connectivity index (χ0v) is 19.1. The Morgan fingerprint density at radius 3 is 2.39 bits per heavy atom. The van der Waals surface area contributed by atoms with E-state index in [1.807, 2.05) is 20.8 Å². The molecule has 10 heteroatoms. The number of carbonyl (C=O) groups is 1. The normalized spacial score (nSPS) is 22.5. The summed E-state index contributed by atoms with van der Waals surface area (Å²) in [6, 6.07) is 5.21. The van der Waals surface area contributed by atoms with Gasteiger partial charge in [-0.1, -0.05) is 44.1 Å². The molecule has 4 rings (SSSR count). The quantitative estimate of drug-likeness (QED) is 0.656. The molecular weight excluding hydrogens is 437 g/mol. The van der Waals surface area contributed by atoms with Gasteiger partial charge in [0.15, 0.2) is 5.82 Å². The van der Waals surface area contributed by atoms with Gasteiger partial charge in [-0.05, 0) is 18.1 Å². The third-order valence-corrected chi connectivity index (χ3v) is 6.15. The van der Waals surface area contributed by atoms with Crippen LogP contribution in [-0.2, 0) is 16.3 Å². The monoisotopic (exact) mass is 466 g/mol. The summed E-state index contributed by atoms with van der Waals surface area (Å²) in [7, 11) is 0. The number of urea groups is 1. The molecule has 7 nitrogen and oxygen atoms in total. The summed E-state index contributed by atoms with van der Waals surface area (Å²) in [6.45, 7) is 8.54. The molecule has 33 heavy (non-hydrogen) atoms. The Morgan fingerprint density at radius 2 is 1.76 bits per heavy atom. The molecule has 180 valence electrons. The number of hydrogen-bond donors (Lipinski definition) is 0. The molecule has 0 N–H and O–H groups in total. The molecule has 1 aromatic heterocycles. The van der Waals surface area contributed by atoms with E-state index in [1.165, 1.54) is 12.1 Å². The van der Waals surface area contributed by atoms with Gasteiger partial charge in [-0.25, -0.2) is 4.79 Å². The van der Waals surface area contributed by atoms with E-state index in [-0.39, 0.29) is 23.3 Å². The van der Waals surface area contributed by atoms with E-state index >= 15 is 0 Å². The topological polar surface area (TPSA) is 71.7 Å². The minimum Gasteiger partial charge on any atom is -0.378 e. The number of benzene rings is 1. The van der Waals surface area contributed by atoms with Gasteiger partial charge in [0.1, 0.15) is 0 Å². The summed E-state index contributed by atoms with van der Waals surface area (Å²) in [5.41, 5.74) is -0.453. The van der Waals surface area contributed by atoms with E-state index in [0.29, 0.717) is 63.1 Å². The van der Waals surface area contributed by atoms with Crippen molar-refractivity contribution >= 4 is 6.03 Å². The molecule has 2 unspecified atom stereocenters. The molecular formula is C23H29F3N4O3. The maximum absolute atomic E-state index is 13.3. The molecule has 0 saturated carbocycles. The summed E-state index contributed by atoms with van der Waals surface area (Å²) in [4.78, 5) is 21.2. The third kappa shape index (κ3) is 5.31. The number of likely N-dealkylation sites (tertiary alicyclic amines) is 1. The lowest BCUT2D eigenvalue weighted by atomic mass is 9.84. The van der Waals surface area contributed by atoms with Crippen LogP contribution in [0.3, 0.4) is 0 Å². The molecule has 2 aliphatic rings. The van der Waals surface area contributed by atoms with Crippen LogP contribution >= 0.6 is 0 Å². The molecule has 0 radical (unpaired) electrons. The van der Waals surface area contributed by atoms with Crippen molar-refractivity contribution in [3.63, 3.8) is 0 Å². The second-order valence-electron chi connectivity index (χ2n) is 9.75. The van der Waals surface area contributed by atoms with Crippen molar-refractivity contribution in [3.05, 3.63) is 47.1 Å². The predicted molar refractivity (Wildman–Crippen MR) is 114 cm³/mol. The minimum atomic E-state index is -4.43. The van der Waals surface area contributed by atoms with Crippen LogP contribution in [0.5, 0.6) is 0 Å². The number of hydrogen-bond acceptors (Lipinski definition) is 5. The van der Waals surface area contributed by atoms with Gasteiger partial charge < -0.3 is 19.1 Å². The van der Waals surface area contributed by atoms with Crippen molar-refractivity contribution in [2.75, 3.05) is 39.4 Å². The fraction of sp³-hybridized carbons (Fsp3) is 0.609. The minimum absolute atomic E-state index is 0.143. The summed E-state index contributed by atoms with van der Waals surface area (Å²) < 4.78 is 50.9. The van der Waals surface area contributed by atoms with Gasteiger partial charge >= 0.3 is 12.2 Å². The van der Waals surface area contributed by atoms with E-state index in [9.17, 15) is 18.0 Å². The zero-order chi connectivity index (χ0) is 23.8. The lowest BCUT2D eigenvalue weighted by Gasteiger charge is -2.40. The molecule has 2 aliphatic heterocycles. The summed E-state index contributed by atoms with van der Waals surface area (Å²) in [5, 5.41) is 4.10. The molecule has 2 atom stereocenters. The van der Waals surface area contributed by atoms with Crippen molar-refractivity contribution in [2.45, 2.75) is 50.6 Å². The Balaban J connectivity index is 1.63. The molecule has 2 amide bonds. The molecule has 3 heterocycles. The van der Waals surface area contributed by atoms with Crippen molar-refractivity contribution < 1.29 is 27.2 Å². The average Bonchev–Trinajstić information content (AvgIpc) is 3.30.